The van der Waals surface area contributed by atoms with Crippen LogP contribution < -0.4 is 5.32 Å². The molecule has 0 saturated heterocycles. The number of benzene rings is 3. The molecule has 0 aliphatic carbocycles. The summed E-state index contributed by atoms with van der Waals surface area (Å²) in [5.41, 5.74) is 5.35. The highest BCUT2D eigenvalue weighted by Gasteiger charge is 2.13. The van der Waals surface area contributed by atoms with E-state index in [4.69, 9.17) is 21.8 Å². The molecule has 0 amide bonds. The fourth-order valence-electron chi connectivity index (χ4n) is 3.28. The van der Waals surface area contributed by atoms with E-state index in [1.165, 1.54) is 5.56 Å². The van der Waals surface area contributed by atoms with Crippen molar-refractivity contribution in [2.45, 2.75) is 19.5 Å². The van der Waals surface area contributed by atoms with Crippen molar-refractivity contribution in [3.63, 3.8) is 0 Å². The summed E-state index contributed by atoms with van der Waals surface area (Å²) in [4.78, 5) is 1.75. The molecule has 0 bridgehead atoms. The molecule has 5 heteroatoms. The molecule has 0 fully saturated rings. The summed E-state index contributed by atoms with van der Waals surface area (Å²) in [6.45, 7) is 2.15. The van der Waals surface area contributed by atoms with Gasteiger partial charge in [0, 0.05) is 17.1 Å². The van der Waals surface area contributed by atoms with E-state index in [2.05, 4.69) is 41.7 Å². The van der Waals surface area contributed by atoms with E-state index in [1.54, 1.807) is 4.80 Å². The molecular weight excluding hydrogens is 380 g/mol. The average Bonchev–Trinajstić information content (AvgIpc) is 3.15. The Labute approximate surface area is 176 Å². The summed E-state index contributed by atoms with van der Waals surface area (Å²) in [6.07, 6.45) is 0.984. The maximum Gasteiger partial charge on any atom is 0.117 e. The van der Waals surface area contributed by atoms with Gasteiger partial charge in [0.25, 0.3) is 0 Å². The van der Waals surface area contributed by atoms with E-state index in [1.807, 2.05) is 48.5 Å². The summed E-state index contributed by atoms with van der Waals surface area (Å²) >= 11 is 6.12. The first kappa shape index (κ1) is 19.4. The summed E-state index contributed by atoms with van der Waals surface area (Å²) in [5, 5.41) is 13.8. The molecule has 0 unspecified atom stereocenters. The smallest absolute Gasteiger partial charge is 0.117 e. The van der Waals surface area contributed by atoms with Crippen molar-refractivity contribution < 1.29 is 0 Å². The minimum atomic E-state index is 0.588. The minimum Gasteiger partial charge on any atom is -0.311 e. The molecule has 4 rings (SSSR count). The van der Waals surface area contributed by atoms with E-state index in [0.717, 1.165) is 40.5 Å². The van der Waals surface area contributed by atoms with Crippen LogP contribution >= 0.6 is 11.6 Å². The third kappa shape index (κ3) is 5.31. The first-order valence-electron chi connectivity index (χ1n) is 9.76. The number of rotatable bonds is 8. The van der Waals surface area contributed by atoms with Crippen LogP contribution in [0.1, 0.15) is 16.8 Å². The first-order chi connectivity index (χ1) is 14.3. The van der Waals surface area contributed by atoms with Crippen molar-refractivity contribution in [3.8, 4) is 11.3 Å². The van der Waals surface area contributed by atoms with Gasteiger partial charge in [0.2, 0.25) is 0 Å². The second-order valence-corrected chi connectivity index (χ2v) is 7.37. The molecule has 4 aromatic rings. The van der Waals surface area contributed by atoms with Crippen molar-refractivity contribution in [3.05, 3.63) is 107 Å². The highest BCUT2D eigenvalue weighted by atomic mass is 35.5. The highest BCUT2D eigenvalue weighted by Crippen LogP contribution is 2.20. The van der Waals surface area contributed by atoms with Crippen LogP contribution in [-0.2, 0) is 19.5 Å². The van der Waals surface area contributed by atoms with E-state index in [0.29, 0.717) is 13.1 Å². The zero-order valence-corrected chi connectivity index (χ0v) is 16.9. The lowest BCUT2D eigenvalue weighted by molar-refractivity contribution is 0.577. The van der Waals surface area contributed by atoms with Crippen LogP contribution in [0, 0.1) is 0 Å². The number of hydrogen-bond acceptors (Lipinski definition) is 3. The van der Waals surface area contributed by atoms with Crippen LogP contribution in [0.3, 0.4) is 0 Å². The van der Waals surface area contributed by atoms with Crippen LogP contribution in [0.25, 0.3) is 11.3 Å². The van der Waals surface area contributed by atoms with Gasteiger partial charge in [-0.2, -0.15) is 15.0 Å². The summed E-state index contributed by atoms with van der Waals surface area (Å²) in [5.74, 6) is 0. The Bertz CT molecular complexity index is 1040. The lowest BCUT2D eigenvalue weighted by Gasteiger charge is -2.04. The Hall–Kier alpha value is -2.95. The number of nitrogens with one attached hydrogen (secondary N) is 1. The van der Waals surface area contributed by atoms with Crippen molar-refractivity contribution in [1.82, 2.24) is 20.3 Å². The summed E-state index contributed by atoms with van der Waals surface area (Å²) in [7, 11) is 0. The van der Waals surface area contributed by atoms with Crippen LogP contribution in [0.15, 0.2) is 84.9 Å². The lowest BCUT2D eigenvalue weighted by Crippen LogP contribution is -2.17. The normalized spacial score (nSPS) is 10.9. The fourth-order valence-corrected chi connectivity index (χ4v) is 3.49. The van der Waals surface area contributed by atoms with Crippen molar-refractivity contribution in [2.75, 3.05) is 6.54 Å². The van der Waals surface area contributed by atoms with Gasteiger partial charge in [0.15, 0.2) is 0 Å². The number of hydrogen-bond donors (Lipinski definition) is 1. The van der Waals surface area contributed by atoms with Gasteiger partial charge in [-0.3, -0.25) is 0 Å². The third-order valence-corrected chi connectivity index (χ3v) is 4.95. The van der Waals surface area contributed by atoms with Gasteiger partial charge in [-0.1, -0.05) is 84.4 Å². The molecule has 29 heavy (non-hydrogen) atoms. The Morgan fingerprint density at radius 3 is 2.28 bits per heavy atom. The Balaban J connectivity index is 1.49. The highest BCUT2D eigenvalue weighted by molar-refractivity contribution is 6.30. The summed E-state index contributed by atoms with van der Waals surface area (Å²) in [6, 6.07) is 28.5. The molecule has 0 spiro atoms. The molecule has 3 aromatic carbocycles. The van der Waals surface area contributed by atoms with Gasteiger partial charge in [-0.05, 0) is 36.2 Å². The quantitative estimate of drug-likeness (QED) is 0.423. The van der Waals surface area contributed by atoms with E-state index < -0.39 is 0 Å². The van der Waals surface area contributed by atoms with Crippen LogP contribution in [-0.4, -0.2) is 21.5 Å². The Kier molecular flexibility index (Phi) is 6.35. The van der Waals surface area contributed by atoms with Gasteiger partial charge < -0.3 is 5.32 Å². The van der Waals surface area contributed by atoms with Crippen LogP contribution in [0.5, 0.6) is 0 Å². The van der Waals surface area contributed by atoms with E-state index in [-0.39, 0.29) is 0 Å². The predicted molar refractivity (Wildman–Crippen MR) is 118 cm³/mol. The van der Waals surface area contributed by atoms with Gasteiger partial charge in [0.1, 0.15) is 11.4 Å². The average molecular weight is 403 g/mol. The minimum absolute atomic E-state index is 0.588. The van der Waals surface area contributed by atoms with E-state index in [9.17, 15) is 0 Å². The molecule has 0 aliphatic heterocycles. The molecule has 4 nitrogen and oxygen atoms in total. The predicted octanol–water partition coefficient (Wildman–Crippen LogP) is 4.98. The largest absolute Gasteiger partial charge is 0.311 e. The molecule has 0 aliphatic rings. The second kappa shape index (κ2) is 9.50. The molecule has 146 valence electrons. The second-order valence-electron chi connectivity index (χ2n) is 6.93. The molecule has 0 saturated carbocycles. The Morgan fingerprint density at radius 2 is 1.52 bits per heavy atom. The maximum absolute atomic E-state index is 6.12. The third-order valence-electron chi connectivity index (χ3n) is 4.71. The SMILES string of the molecule is Clc1cccc(Cn2nc(CNCCc3ccccc3)c(-c3ccccc3)n2)c1. The molecule has 1 aromatic heterocycles. The number of halogens is 1. The maximum atomic E-state index is 6.12. The molecule has 0 atom stereocenters. The topological polar surface area (TPSA) is 42.7 Å². The fraction of sp³-hybridized carbons (Fsp3) is 0.167. The van der Waals surface area contributed by atoms with Crippen LogP contribution in [0.4, 0.5) is 0 Å². The summed E-state index contributed by atoms with van der Waals surface area (Å²) < 4.78 is 0. The van der Waals surface area contributed by atoms with Crippen LogP contribution in [0.2, 0.25) is 5.02 Å². The zero-order chi connectivity index (χ0) is 19.9. The van der Waals surface area contributed by atoms with Crippen molar-refractivity contribution in [2.24, 2.45) is 0 Å². The van der Waals surface area contributed by atoms with Crippen molar-refractivity contribution >= 4 is 11.6 Å². The van der Waals surface area contributed by atoms with Gasteiger partial charge >= 0.3 is 0 Å². The monoisotopic (exact) mass is 402 g/mol. The lowest BCUT2D eigenvalue weighted by atomic mass is 10.1. The van der Waals surface area contributed by atoms with Crippen molar-refractivity contribution in [1.29, 1.82) is 0 Å². The van der Waals surface area contributed by atoms with E-state index >= 15 is 0 Å². The molecule has 1 N–H and O–H groups in total. The zero-order valence-electron chi connectivity index (χ0n) is 16.1. The Morgan fingerprint density at radius 1 is 0.793 bits per heavy atom. The van der Waals surface area contributed by atoms with Gasteiger partial charge in [0.05, 0.1) is 6.54 Å². The number of aromatic nitrogens is 3. The molecular formula is C24H23ClN4. The standard InChI is InChI=1S/C24H23ClN4/c25-22-13-7-10-20(16-22)18-29-27-23(24(28-29)21-11-5-2-6-12-21)17-26-15-14-19-8-3-1-4-9-19/h1-13,16,26H,14-15,17-18H2. The number of nitrogens with zero attached hydrogens (tertiary/aromatic N) is 3. The first-order valence-corrected chi connectivity index (χ1v) is 10.1. The molecule has 1 heterocycles. The molecule has 0 radical (unpaired) electrons. The van der Waals surface area contributed by atoms with Gasteiger partial charge in [-0.25, -0.2) is 0 Å². The van der Waals surface area contributed by atoms with Gasteiger partial charge in [-0.15, -0.1) is 0 Å².